The molecule has 0 unspecified atom stereocenters. The van der Waals surface area contributed by atoms with Crippen molar-refractivity contribution >= 4 is 41.3 Å². The Hall–Kier alpha value is -0.220. The second-order valence-electron chi connectivity index (χ2n) is 2.76. The minimum atomic E-state index is 0. The third-order valence-electron chi connectivity index (χ3n) is 1.64. The van der Waals surface area contributed by atoms with Crippen LogP contribution in [0, 0.1) is 6.92 Å². The van der Waals surface area contributed by atoms with Gasteiger partial charge in [0.15, 0.2) is 5.16 Å². The molecule has 0 bridgehead atoms. The molecule has 0 aliphatic rings. The van der Waals surface area contributed by atoms with Gasteiger partial charge >= 0.3 is 29.6 Å². The molecule has 1 heterocycles. The number of benzene rings is 1. The van der Waals surface area contributed by atoms with Gasteiger partial charge < -0.3 is 4.98 Å². The molecule has 0 aliphatic carbocycles. The van der Waals surface area contributed by atoms with Gasteiger partial charge in [-0.3, -0.25) is 0 Å². The van der Waals surface area contributed by atoms with Crippen molar-refractivity contribution in [2.24, 2.45) is 0 Å². The summed E-state index contributed by atoms with van der Waals surface area (Å²) in [6, 6.07) is 10.2. The van der Waals surface area contributed by atoms with Gasteiger partial charge in [-0.25, -0.2) is 4.98 Å². The van der Waals surface area contributed by atoms with Gasteiger partial charge in [0.25, 0.3) is 0 Å². The predicted octanol–water partition coefficient (Wildman–Crippen LogP) is 2.22. The Morgan fingerprint density at radius 3 is 2.50 bits per heavy atom. The molecule has 0 saturated heterocycles. The van der Waals surface area contributed by atoms with Gasteiger partial charge in [0.1, 0.15) is 0 Å². The van der Waals surface area contributed by atoms with Crippen molar-refractivity contribution in [1.82, 2.24) is 9.97 Å². The summed E-state index contributed by atoms with van der Waals surface area (Å²) in [6.07, 6.45) is 1.91. The Labute approximate surface area is 110 Å². The van der Waals surface area contributed by atoms with Crippen molar-refractivity contribution in [3.05, 3.63) is 42.2 Å². The van der Waals surface area contributed by atoms with E-state index in [9.17, 15) is 0 Å². The number of hydrogen-bond donors (Lipinski definition) is 1. The SMILES string of the molecule is Cc1c[nH]c(Sc2ccccc2)n1.[NaH]. The molecule has 2 rings (SSSR count). The van der Waals surface area contributed by atoms with Crippen LogP contribution in [0.25, 0.3) is 0 Å². The predicted molar refractivity (Wildman–Crippen MR) is 61.0 cm³/mol. The summed E-state index contributed by atoms with van der Waals surface area (Å²) < 4.78 is 0. The molecule has 1 N–H and O–H groups in total. The standard InChI is InChI=1S/C10H10N2S.Na.H/c1-8-7-11-10(12-8)13-9-5-3-2-4-6-9;;/h2-7H,1H3,(H,11,12);;. The fraction of sp³-hybridized carbons (Fsp3) is 0.100. The van der Waals surface area contributed by atoms with E-state index in [4.69, 9.17) is 0 Å². The molecule has 0 fully saturated rings. The maximum absolute atomic E-state index is 4.31. The number of aryl methyl sites for hydroxylation is 1. The van der Waals surface area contributed by atoms with Gasteiger partial charge in [-0.05, 0) is 19.1 Å². The molecule has 1 aromatic heterocycles. The topological polar surface area (TPSA) is 28.7 Å². The van der Waals surface area contributed by atoms with Crippen LogP contribution in [0.1, 0.15) is 5.69 Å². The summed E-state index contributed by atoms with van der Waals surface area (Å²) in [4.78, 5) is 8.62. The number of nitrogens with one attached hydrogen (secondary N) is 1. The Bertz CT molecular complexity index is 386. The summed E-state index contributed by atoms with van der Waals surface area (Å²) in [7, 11) is 0. The molecule has 2 nitrogen and oxygen atoms in total. The molecule has 0 amide bonds. The van der Waals surface area contributed by atoms with Crippen LogP contribution in [-0.2, 0) is 0 Å². The fourth-order valence-corrected chi connectivity index (χ4v) is 1.87. The average Bonchev–Trinajstić information content (AvgIpc) is 2.53. The Balaban J connectivity index is 0.000000980. The second-order valence-corrected chi connectivity index (χ2v) is 3.82. The molecule has 0 spiro atoms. The minimum absolute atomic E-state index is 0. The van der Waals surface area contributed by atoms with Crippen LogP contribution >= 0.6 is 11.8 Å². The molecule has 0 aliphatic heterocycles. The molecule has 0 radical (unpaired) electrons. The first kappa shape index (κ1) is 11.9. The van der Waals surface area contributed by atoms with Crippen LogP contribution in [0.2, 0.25) is 0 Å². The number of rotatable bonds is 2. The van der Waals surface area contributed by atoms with Gasteiger partial charge in [0.2, 0.25) is 0 Å². The molecule has 14 heavy (non-hydrogen) atoms. The molecular formula is C10H11N2NaS. The van der Waals surface area contributed by atoms with Gasteiger partial charge in [-0.15, -0.1) is 0 Å². The summed E-state index contributed by atoms with van der Waals surface area (Å²) in [5, 5.41) is 0.948. The summed E-state index contributed by atoms with van der Waals surface area (Å²) in [5.41, 5.74) is 1.03. The van der Waals surface area contributed by atoms with Crippen LogP contribution in [0.15, 0.2) is 46.6 Å². The zero-order valence-corrected chi connectivity index (χ0v) is 8.14. The molecule has 68 valence electrons. The van der Waals surface area contributed by atoms with E-state index >= 15 is 0 Å². The van der Waals surface area contributed by atoms with Crippen LogP contribution in [0.4, 0.5) is 0 Å². The quantitative estimate of drug-likeness (QED) is 0.776. The molecule has 2 aromatic rings. The van der Waals surface area contributed by atoms with E-state index in [2.05, 4.69) is 22.1 Å². The summed E-state index contributed by atoms with van der Waals surface area (Å²) >= 11 is 1.64. The van der Waals surface area contributed by atoms with E-state index in [1.165, 1.54) is 4.90 Å². The monoisotopic (exact) mass is 214 g/mol. The van der Waals surface area contributed by atoms with E-state index in [1.807, 2.05) is 31.3 Å². The van der Waals surface area contributed by atoms with E-state index in [-0.39, 0.29) is 29.6 Å². The van der Waals surface area contributed by atoms with Crippen molar-refractivity contribution in [2.75, 3.05) is 0 Å². The van der Waals surface area contributed by atoms with Crippen molar-refractivity contribution in [3.8, 4) is 0 Å². The van der Waals surface area contributed by atoms with E-state index in [0.717, 1.165) is 10.9 Å². The van der Waals surface area contributed by atoms with Crippen LogP contribution in [0.3, 0.4) is 0 Å². The van der Waals surface area contributed by atoms with Crippen LogP contribution in [-0.4, -0.2) is 39.5 Å². The van der Waals surface area contributed by atoms with E-state index in [1.54, 1.807) is 11.8 Å². The third kappa shape index (κ3) is 3.17. The first-order valence-corrected chi connectivity index (χ1v) is 4.91. The second kappa shape index (κ2) is 5.61. The normalized spacial score (nSPS) is 9.50. The molecule has 0 atom stereocenters. The number of hydrogen-bond acceptors (Lipinski definition) is 2. The first-order valence-electron chi connectivity index (χ1n) is 4.09. The van der Waals surface area contributed by atoms with Crippen LogP contribution < -0.4 is 0 Å². The van der Waals surface area contributed by atoms with E-state index in [0.29, 0.717) is 0 Å². The molecular weight excluding hydrogens is 203 g/mol. The molecule has 0 saturated carbocycles. The van der Waals surface area contributed by atoms with Gasteiger partial charge in [-0.2, -0.15) is 0 Å². The Kier molecular flexibility index (Phi) is 4.75. The average molecular weight is 214 g/mol. The Morgan fingerprint density at radius 1 is 1.21 bits per heavy atom. The summed E-state index contributed by atoms with van der Waals surface area (Å²) in [5.74, 6) is 0. The van der Waals surface area contributed by atoms with Crippen LogP contribution in [0.5, 0.6) is 0 Å². The summed E-state index contributed by atoms with van der Waals surface area (Å²) in [6.45, 7) is 1.98. The van der Waals surface area contributed by atoms with Gasteiger partial charge in [0, 0.05) is 11.1 Å². The van der Waals surface area contributed by atoms with Crippen molar-refractivity contribution in [3.63, 3.8) is 0 Å². The molecule has 4 heteroatoms. The Morgan fingerprint density at radius 2 is 1.93 bits per heavy atom. The van der Waals surface area contributed by atoms with E-state index < -0.39 is 0 Å². The number of H-pyrrole nitrogens is 1. The van der Waals surface area contributed by atoms with Crippen molar-refractivity contribution < 1.29 is 0 Å². The first-order chi connectivity index (χ1) is 6.34. The number of imidazole rings is 1. The van der Waals surface area contributed by atoms with Crippen molar-refractivity contribution in [2.45, 2.75) is 17.0 Å². The van der Waals surface area contributed by atoms with Gasteiger partial charge in [-0.1, -0.05) is 30.0 Å². The third-order valence-corrected chi connectivity index (χ3v) is 2.55. The number of nitrogens with zero attached hydrogens (tertiary/aromatic N) is 1. The van der Waals surface area contributed by atoms with Crippen molar-refractivity contribution in [1.29, 1.82) is 0 Å². The molecule has 1 aromatic carbocycles. The fourth-order valence-electron chi connectivity index (χ4n) is 1.04. The number of aromatic nitrogens is 2. The van der Waals surface area contributed by atoms with Gasteiger partial charge in [0.05, 0.1) is 5.69 Å². The maximum atomic E-state index is 4.31. The zero-order chi connectivity index (χ0) is 9.10. The number of aromatic amines is 1. The zero-order valence-electron chi connectivity index (χ0n) is 7.32.